The van der Waals surface area contributed by atoms with E-state index in [0.717, 1.165) is 6.92 Å². The molecule has 2 atom stereocenters. The van der Waals surface area contributed by atoms with Crippen molar-refractivity contribution in [3.05, 3.63) is 25.3 Å². The maximum Gasteiger partial charge on any atom is 0.460 e. The molecule has 0 spiro atoms. The van der Waals surface area contributed by atoms with Gasteiger partial charge in [0, 0.05) is 6.08 Å². The summed E-state index contributed by atoms with van der Waals surface area (Å²) in [5, 5.41) is 9.04. The minimum absolute atomic E-state index is 0.535. The van der Waals surface area contributed by atoms with Crippen molar-refractivity contribution in [1.29, 1.82) is 0 Å². The smallest absolute Gasteiger partial charge is 0.460 e. The fourth-order valence-electron chi connectivity index (χ4n) is 2.52. The van der Waals surface area contributed by atoms with Gasteiger partial charge in [0.05, 0.1) is 13.0 Å². The highest BCUT2D eigenvalue weighted by Gasteiger charge is 2.95. The molecule has 1 N–H and O–H groups in total. The zero-order chi connectivity index (χ0) is 34.2. The number of hydrogen-bond donors (Lipinski definition) is 1. The lowest BCUT2D eigenvalue weighted by Gasteiger charge is -2.43. The first-order chi connectivity index (χ1) is 18.3. The minimum Gasteiger partial charge on any atom is -0.461 e. The van der Waals surface area contributed by atoms with Crippen molar-refractivity contribution >= 4 is 11.9 Å². The van der Waals surface area contributed by atoms with Crippen LogP contribution in [0.15, 0.2) is 25.3 Å². The van der Waals surface area contributed by atoms with E-state index in [4.69, 9.17) is 5.11 Å². The highest BCUT2D eigenvalue weighted by atomic mass is 19.4. The SMILES string of the molecule is C=CC(=O)OCC(C)(C=C)C(=O)OC(CO)CC(F)(F)C(F)(F)C(F)(F)C(F)(F)C(F)(F)C(F)(F)C(F)(F)C(F)(F)F. The molecule has 0 amide bonds. The van der Waals surface area contributed by atoms with Gasteiger partial charge >= 0.3 is 59.6 Å². The molecule has 42 heavy (non-hydrogen) atoms. The van der Waals surface area contributed by atoms with Gasteiger partial charge in [-0.15, -0.1) is 6.58 Å². The van der Waals surface area contributed by atoms with E-state index in [2.05, 4.69) is 22.6 Å². The molecule has 0 rings (SSSR count). The average Bonchev–Trinajstić information content (AvgIpc) is 2.84. The van der Waals surface area contributed by atoms with E-state index in [0.29, 0.717) is 12.2 Å². The van der Waals surface area contributed by atoms with Gasteiger partial charge in [-0.3, -0.25) is 4.79 Å². The summed E-state index contributed by atoms with van der Waals surface area (Å²) < 4.78 is 236. The Morgan fingerprint density at radius 2 is 1.10 bits per heavy atom. The van der Waals surface area contributed by atoms with Gasteiger partial charge in [-0.25, -0.2) is 4.79 Å². The predicted molar refractivity (Wildman–Crippen MR) is 102 cm³/mol. The average molecular weight is 660 g/mol. The molecule has 0 fully saturated rings. The van der Waals surface area contributed by atoms with Crippen LogP contribution in [-0.2, 0) is 19.1 Å². The number of aliphatic hydroxyl groups is 1. The van der Waals surface area contributed by atoms with Crippen LogP contribution < -0.4 is 0 Å². The number of rotatable bonds is 15. The van der Waals surface area contributed by atoms with Crippen LogP contribution in [0.4, 0.5) is 74.6 Å². The van der Waals surface area contributed by atoms with Crippen molar-refractivity contribution in [3.63, 3.8) is 0 Å². The Balaban J connectivity index is 6.48. The Morgan fingerprint density at radius 1 is 0.714 bits per heavy atom. The monoisotopic (exact) mass is 660 g/mol. The summed E-state index contributed by atoms with van der Waals surface area (Å²) in [5.74, 6) is -61.1. The number of alkyl halides is 17. The van der Waals surface area contributed by atoms with Crippen molar-refractivity contribution in [1.82, 2.24) is 0 Å². The van der Waals surface area contributed by atoms with Gasteiger partial charge in [-0.1, -0.05) is 12.7 Å². The molecule has 0 aromatic carbocycles. The summed E-state index contributed by atoms with van der Waals surface area (Å²) in [5.41, 5.74) is -2.29. The Bertz CT molecular complexity index is 1020. The molecule has 0 saturated carbocycles. The summed E-state index contributed by atoms with van der Waals surface area (Å²) >= 11 is 0. The first-order valence-electron chi connectivity index (χ1n) is 10.3. The van der Waals surface area contributed by atoms with E-state index in [1.807, 2.05) is 0 Å². The largest absolute Gasteiger partial charge is 0.461 e. The molecular formula is C20H17F17O5. The maximum absolute atomic E-state index is 14.2. The number of esters is 2. The first-order valence-corrected chi connectivity index (χ1v) is 10.3. The fourth-order valence-corrected chi connectivity index (χ4v) is 2.52. The van der Waals surface area contributed by atoms with E-state index >= 15 is 0 Å². The third kappa shape index (κ3) is 6.26. The highest BCUT2D eigenvalue weighted by Crippen LogP contribution is 2.64. The van der Waals surface area contributed by atoms with Gasteiger partial charge in [0.2, 0.25) is 0 Å². The molecule has 0 heterocycles. The van der Waals surface area contributed by atoms with Crippen LogP contribution in [0.2, 0.25) is 0 Å². The van der Waals surface area contributed by atoms with E-state index < -0.39 is 90.7 Å². The molecule has 0 aromatic heterocycles. The molecular weight excluding hydrogens is 643 g/mol. The number of aliphatic hydroxyl groups excluding tert-OH is 1. The van der Waals surface area contributed by atoms with Crippen LogP contribution in [-0.4, -0.2) is 84.0 Å². The second-order valence-electron chi connectivity index (χ2n) is 8.50. The van der Waals surface area contributed by atoms with Gasteiger partial charge in [-0.05, 0) is 6.92 Å². The Labute approximate surface area is 222 Å². The van der Waals surface area contributed by atoms with Gasteiger partial charge < -0.3 is 14.6 Å². The molecule has 0 saturated heterocycles. The summed E-state index contributed by atoms with van der Waals surface area (Å²) in [6.07, 6.45) is -13.1. The zero-order valence-corrected chi connectivity index (χ0v) is 20.3. The third-order valence-corrected chi connectivity index (χ3v) is 5.35. The summed E-state index contributed by atoms with van der Waals surface area (Å²) in [6.45, 7) is 3.64. The van der Waals surface area contributed by atoms with Crippen LogP contribution in [0.3, 0.4) is 0 Å². The van der Waals surface area contributed by atoms with Gasteiger partial charge in [0.25, 0.3) is 0 Å². The lowest BCUT2D eigenvalue weighted by Crippen LogP contribution is -2.74. The second kappa shape index (κ2) is 11.7. The van der Waals surface area contributed by atoms with Crippen LogP contribution in [0.5, 0.6) is 0 Å². The predicted octanol–water partition coefficient (Wildman–Crippen LogP) is 6.21. The topological polar surface area (TPSA) is 72.8 Å². The lowest BCUT2D eigenvalue weighted by molar-refractivity contribution is -0.462. The van der Waals surface area contributed by atoms with Gasteiger partial charge in [0.1, 0.15) is 18.1 Å². The molecule has 0 bridgehead atoms. The van der Waals surface area contributed by atoms with Crippen LogP contribution in [0.25, 0.3) is 0 Å². The summed E-state index contributed by atoms with van der Waals surface area (Å²) in [7, 11) is 0. The van der Waals surface area contributed by atoms with Crippen LogP contribution >= 0.6 is 0 Å². The van der Waals surface area contributed by atoms with Crippen molar-refractivity contribution in [2.24, 2.45) is 5.41 Å². The highest BCUT2D eigenvalue weighted by molar-refractivity contribution is 5.83. The number of hydrogen-bond acceptors (Lipinski definition) is 5. The molecule has 0 aliphatic rings. The molecule has 5 nitrogen and oxygen atoms in total. The molecule has 0 aliphatic heterocycles. The van der Waals surface area contributed by atoms with Crippen molar-refractivity contribution in [2.75, 3.05) is 13.2 Å². The minimum atomic E-state index is -8.79. The standard InChI is InChI=1S/C20H17F17O5/c1-4-10(39)41-8-12(3,5-2)11(40)42-9(7-38)6-13(21,22)14(23,24)15(25,26)16(27,28)17(29,30)18(31,32)19(33,34)20(35,36)37/h4-5,9,38H,1-2,6-8H2,3H3. The number of ether oxygens (including phenoxy) is 2. The molecule has 0 radical (unpaired) electrons. The first kappa shape index (κ1) is 39.2. The van der Waals surface area contributed by atoms with Gasteiger partial charge in [-0.2, -0.15) is 74.6 Å². The van der Waals surface area contributed by atoms with E-state index in [9.17, 15) is 84.2 Å². The normalized spacial score (nSPS) is 16.7. The van der Waals surface area contributed by atoms with E-state index in [1.54, 1.807) is 0 Å². The molecule has 2 unspecified atom stereocenters. The maximum atomic E-state index is 14.2. The quantitative estimate of drug-likeness (QED) is 0.0980. The van der Waals surface area contributed by atoms with Crippen LogP contribution in [0, 0.1) is 5.41 Å². The summed E-state index contributed by atoms with van der Waals surface area (Å²) in [4.78, 5) is 23.3. The molecule has 0 aromatic rings. The summed E-state index contributed by atoms with van der Waals surface area (Å²) in [6, 6.07) is 0. The Morgan fingerprint density at radius 3 is 1.43 bits per heavy atom. The molecule has 246 valence electrons. The van der Waals surface area contributed by atoms with E-state index in [1.165, 1.54) is 0 Å². The van der Waals surface area contributed by atoms with E-state index in [-0.39, 0.29) is 0 Å². The zero-order valence-electron chi connectivity index (χ0n) is 20.3. The lowest BCUT2D eigenvalue weighted by atomic mass is 9.87. The molecule has 22 heteroatoms. The second-order valence-corrected chi connectivity index (χ2v) is 8.50. The fraction of sp³-hybridized carbons (Fsp3) is 0.700. The number of carbonyl (C=O) groups is 2. The Kier molecular flexibility index (Phi) is 10.9. The number of halogens is 17. The number of carbonyl (C=O) groups excluding carboxylic acids is 2. The third-order valence-electron chi connectivity index (χ3n) is 5.35. The van der Waals surface area contributed by atoms with Crippen LogP contribution in [0.1, 0.15) is 13.3 Å². The van der Waals surface area contributed by atoms with Crippen molar-refractivity contribution in [2.45, 2.75) is 67.1 Å². The van der Waals surface area contributed by atoms with Gasteiger partial charge in [0.15, 0.2) is 0 Å². The Hall–Kier alpha value is -2.81. The molecule has 0 aliphatic carbocycles. The van der Waals surface area contributed by atoms with Crippen molar-refractivity contribution < 1.29 is 98.8 Å². The van der Waals surface area contributed by atoms with Crippen molar-refractivity contribution in [3.8, 4) is 0 Å².